The van der Waals surface area contributed by atoms with Gasteiger partial charge in [-0.15, -0.1) is 0 Å². The van der Waals surface area contributed by atoms with Crippen molar-refractivity contribution in [3.05, 3.63) is 30.0 Å². The lowest BCUT2D eigenvalue weighted by Gasteiger charge is -2.05. The van der Waals surface area contributed by atoms with Crippen LogP contribution in [0.2, 0.25) is 0 Å². The summed E-state index contributed by atoms with van der Waals surface area (Å²) in [6, 6.07) is 7.90. The maximum atomic E-state index is 12.1. The second kappa shape index (κ2) is 5.84. The molecule has 1 unspecified atom stereocenters. The Bertz CT molecular complexity index is 574. The van der Waals surface area contributed by atoms with E-state index in [0.717, 1.165) is 23.7 Å². The van der Waals surface area contributed by atoms with E-state index in [-0.39, 0.29) is 11.9 Å². The minimum Gasteiger partial charge on any atom is -0.351 e. The van der Waals surface area contributed by atoms with Gasteiger partial charge in [0.1, 0.15) is 0 Å². The van der Waals surface area contributed by atoms with E-state index < -0.39 is 0 Å². The Labute approximate surface area is 112 Å². The third-order valence-corrected chi connectivity index (χ3v) is 3.09. The third kappa shape index (κ3) is 3.12. The molecule has 3 N–H and O–H groups in total. The summed E-state index contributed by atoms with van der Waals surface area (Å²) in [6.07, 6.45) is 1.79. The molecule has 1 atom stereocenters. The smallest absolute Gasteiger partial charge is 0.272 e. The monoisotopic (exact) mass is 260 g/mol. The molecule has 1 amide bonds. The van der Waals surface area contributed by atoms with Gasteiger partial charge in [0.05, 0.1) is 5.52 Å². The Hall–Kier alpha value is -1.88. The summed E-state index contributed by atoms with van der Waals surface area (Å²) in [5.41, 5.74) is 7.12. The van der Waals surface area contributed by atoms with Gasteiger partial charge in [0.25, 0.3) is 5.91 Å². The second-order valence-electron chi connectivity index (χ2n) is 4.86. The van der Waals surface area contributed by atoms with Crippen LogP contribution < -0.4 is 11.1 Å². The number of hydrogen-bond acceptors (Lipinski definition) is 3. The van der Waals surface area contributed by atoms with Gasteiger partial charge in [-0.1, -0.05) is 18.2 Å². The Morgan fingerprint density at radius 2 is 2.21 bits per heavy atom. The van der Waals surface area contributed by atoms with Crippen molar-refractivity contribution >= 4 is 16.8 Å². The lowest BCUT2D eigenvalue weighted by atomic mass is 10.2. The molecule has 0 saturated carbocycles. The summed E-state index contributed by atoms with van der Waals surface area (Å²) < 4.78 is 1.73. The molecule has 102 valence electrons. The Morgan fingerprint density at radius 3 is 2.95 bits per heavy atom. The molecule has 0 saturated heterocycles. The molecule has 5 heteroatoms. The fourth-order valence-electron chi connectivity index (χ4n) is 2.09. The largest absolute Gasteiger partial charge is 0.351 e. The predicted octanol–water partition coefficient (Wildman–Crippen LogP) is 1.43. The molecule has 0 aliphatic rings. The Morgan fingerprint density at radius 1 is 1.47 bits per heavy atom. The van der Waals surface area contributed by atoms with Gasteiger partial charge in [-0.05, 0) is 25.8 Å². The molecule has 0 spiro atoms. The first-order valence-electron chi connectivity index (χ1n) is 6.55. The zero-order chi connectivity index (χ0) is 13.8. The van der Waals surface area contributed by atoms with Crippen LogP contribution >= 0.6 is 0 Å². The molecule has 1 aromatic heterocycles. The zero-order valence-electron chi connectivity index (χ0n) is 11.4. The number of aromatic nitrogens is 2. The van der Waals surface area contributed by atoms with Crippen LogP contribution in [-0.4, -0.2) is 28.3 Å². The highest BCUT2D eigenvalue weighted by molar-refractivity contribution is 6.04. The summed E-state index contributed by atoms with van der Waals surface area (Å²) in [6.45, 7) is 2.60. The van der Waals surface area contributed by atoms with E-state index in [0.29, 0.717) is 12.2 Å². The van der Waals surface area contributed by atoms with Crippen molar-refractivity contribution in [2.24, 2.45) is 12.8 Å². The SMILES string of the molecule is CC(N)CCCNC(=O)c1nn(C)c2ccccc12. The van der Waals surface area contributed by atoms with E-state index in [1.807, 2.05) is 38.2 Å². The molecule has 0 aliphatic heterocycles. The number of hydrogen-bond donors (Lipinski definition) is 2. The fraction of sp³-hybridized carbons (Fsp3) is 0.429. The van der Waals surface area contributed by atoms with Crippen LogP contribution in [-0.2, 0) is 7.05 Å². The number of rotatable bonds is 5. The number of fused-ring (bicyclic) bond motifs is 1. The highest BCUT2D eigenvalue weighted by atomic mass is 16.1. The molecule has 1 heterocycles. The highest BCUT2D eigenvalue weighted by Gasteiger charge is 2.14. The lowest BCUT2D eigenvalue weighted by Crippen LogP contribution is -2.26. The number of amides is 1. The number of nitrogens with two attached hydrogens (primary N) is 1. The van der Waals surface area contributed by atoms with E-state index in [2.05, 4.69) is 10.4 Å². The standard InChI is InChI=1S/C14H20N4O/c1-10(15)6-5-9-16-14(19)13-11-7-3-4-8-12(11)18(2)17-13/h3-4,7-8,10H,5-6,9,15H2,1-2H3,(H,16,19). The van der Waals surface area contributed by atoms with Crippen LogP contribution in [0, 0.1) is 0 Å². The van der Waals surface area contributed by atoms with Gasteiger partial charge in [0, 0.05) is 25.0 Å². The molecule has 0 radical (unpaired) electrons. The van der Waals surface area contributed by atoms with Gasteiger partial charge in [-0.25, -0.2) is 0 Å². The summed E-state index contributed by atoms with van der Waals surface area (Å²) in [5, 5.41) is 8.06. The molecule has 19 heavy (non-hydrogen) atoms. The van der Waals surface area contributed by atoms with Crippen molar-refractivity contribution < 1.29 is 4.79 Å². The Balaban J connectivity index is 2.05. The zero-order valence-corrected chi connectivity index (χ0v) is 11.4. The minimum atomic E-state index is -0.124. The molecule has 1 aromatic carbocycles. The fourth-order valence-corrected chi connectivity index (χ4v) is 2.09. The maximum Gasteiger partial charge on any atom is 0.272 e. The molecule has 0 fully saturated rings. The normalized spacial score (nSPS) is 12.6. The van der Waals surface area contributed by atoms with Gasteiger partial charge in [0.2, 0.25) is 0 Å². The summed E-state index contributed by atoms with van der Waals surface area (Å²) >= 11 is 0. The van der Waals surface area contributed by atoms with Crippen molar-refractivity contribution in [3.8, 4) is 0 Å². The topological polar surface area (TPSA) is 72.9 Å². The van der Waals surface area contributed by atoms with Crippen LogP contribution in [0.15, 0.2) is 24.3 Å². The molecule has 2 rings (SSSR count). The first-order valence-corrected chi connectivity index (χ1v) is 6.55. The molecular formula is C14H20N4O. The van der Waals surface area contributed by atoms with Gasteiger partial charge >= 0.3 is 0 Å². The van der Waals surface area contributed by atoms with E-state index in [4.69, 9.17) is 5.73 Å². The first kappa shape index (κ1) is 13.5. The van der Waals surface area contributed by atoms with Gasteiger partial charge < -0.3 is 11.1 Å². The molecule has 0 bridgehead atoms. The van der Waals surface area contributed by atoms with E-state index >= 15 is 0 Å². The average molecular weight is 260 g/mol. The van der Waals surface area contributed by atoms with Crippen molar-refractivity contribution in [2.75, 3.05) is 6.54 Å². The van der Waals surface area contributed by atoms with Gasteiger partial charge in [-0.2, -0.15) is 5.10 Å². The summed E-state index contributed by atoms with van der Waals surface area (Å²) in [7, 11) is 1.84. The predicted molar refractivity (Wildman–Crippen MR) is 75.9 cm³/mol. The number of nitrogens with zero attached hydrogens (tertiary/aromatic N) is 2. The van der Waals surface area contributed by atoms with Crippen LogP contribution in [0.1, 0.15) is 30.3 Å². The first-order chi connectivity index (χ1) is 9.09. The van der Waals surface area contributed by atoms with Gasteiger partial charge in [-0.3, -0.25) is 9.48 Å². The minimum absolute atomic E-state index is 0.124. The quantitative estimate of drug-likeness (QED) is 0.799. The third-order valence-electron chi connectivity index (χ3n) is 3.09. The van der Waals surface area contributed by atoms with Crippen molar-refractivity contribution in [1.29, 1.82) is 0 Å². The number of carbonyl (C=O) groups excluding carboxylic acids is 1. The average Bonchev–Trinajstić information content (AvgIpc) is 2.72. The van der Waals surface area contributed by atoms with Crippen molar-refractivity contribution in [1.82, 2.24) is 15.1 Å². The number of nitrogens with one attached hydrogen (secondary N) is 1. The number of aryl methyl sites for hydroxylation is 1. The number of para-hydroxylation sites is 1. The lowest BCUT2D eigenvalue weighted by molar-refractivity contribution is 0.0948. The molecule has 5 nitrogen and oxygen atoms in total. The van der Waals surface area contributed by atoms with Crippen LogP contribution in [0.5, 0.6) is 0 Å². The van der Waals surface area contributed by atoms with Crippen molar-refractivity contribution in [3.63, 3.8) is 0 Å². The van der Waals surface area contributed by atoms with Crippen LogP contribution in [0.3, 0.4) is 0 Å². The van der Waals surface area contributed by atoms with Crippen LogP contribution in [0.25, 0.3) is 10.9 Å². The number of benzene rings is 1. The van der Waals surface area contributed by atoms with Gasteiger partial charge in [0.15, 0.2) is 5.69 Å². The second-order valence-corrected chi connectivity index (χ2v) is 4.86. The molecular weight excluding hydrogens is 240 g/mol. The Kier molecular flexibility index (Phi) is 4.16. The van der Waals surface area contributed by atoms with E-state index in [9.17, 15) is 4.79 Å². The van der Waals surface area contributed by atoms with E-state index in [1.165, 1.54) is 0 Å². The maximum absolute atomic E-state index is 12.1. The molecule has 2 aromatic rings. The highest BCUT2D eigenvalue weighted by Crippen LogP contribution is 2.17. The summed E-state index contributed by atoms with van der Waals surface area (Å²) in [5.74, 6) is -0.124. The van der Waals surface area contributed by atoms with Crippen molar-refractivity contribution in [2.45, 2.75) is 25.8 Å². The summed E-state index contributed by atoms with van der Waals surface area (Å²) in [4.78, 5) is 12.1. The van der Waals surface area contributed by atoms with Crippen LogP contribution in [0.4, 0.5) is 0 Å². The van der Waals surface area contributed by atoms with E-state index in [1.54, 1.807) is 4.68 Å². The number of carbonyl (C=O) groups is 1. The molecule has 0 aliphatic carbocycles.